The number of hydrogen-bond acceptors (Lipinski definition) is 6. The Morgan fingerprint density at radius 1 is 1.09 bits per heavy atom. The first-order chi connectivity index (χ1) is 17.0. The molecule has 0 aliphatic carbocycles. The van der Waals surface area contributed by atoms with E-state index in [1.807, 2.05) is 55.5 Å². The van der Waals surface area contributed by atoms with E-state index in [0.29, 0.717) is 63.5 Å². The van der Waals surface area contributed by atoms with Gasteiger partial charge in [-0.25, -0.2) is 14.6 Å². The number of aromatic carboxylic acids is 1. The normalized spacial score (nSPS) is 14.7. The number of carbonyl (C=O) groups is 2. The molecule has 0 spiro atoms. The van der Waals surface area contributed by atoms with Gasteiger partial charge >= 0.3 is 11.9 Å². The number of para-hydroxylation sites is 1. The molecule has 2 aromatic carbocycles. The molecule has 0 fully saturated rings. The second-order valence-electron chi connectivity index (χ2n) is 8.35. The van der Waals surface area contributed by atoms with Crippen molar-refractivity contribution in [2.75, 3.05) is 20.2 Å². The second-order valence-corrected chi connectivity index (χ2v) is 8.35. The number of hydrogen-bond donors (Lipinski definition) is 1. The molecule has 176 valence electrons. The van der Waals surface area contributed by atoms with Crippen LogP contribution >= 0.6 is 0 Å². The fraction of sp³-hybridized carbons (Fsp3) is 0.179. The van der Waals surface area contributed by atoms with Crippen LogP contribution in [0.5, 0.6) is 0 Å². The van der Waals surface area contributed by atoms with E-state index in [2.05, 4.69) is 4.90 Å². The summed E-state index contributed by atoms with van der Waals surface area (Å²) in [7, 11) is 1.35. The van der Waals surface area contributed by atoms with Gasteiger partial charge in [0.25, 0.3) is 0 Å². The van der Waals surface area contributed by atoms with Crippen LogP contribution in [0.4, 0.5) is 0 Å². The van der Waals surface area contributed by atoms with Crippen molar-refractivity contribution in [2.45, 2.75) is 13.5 Å². The third-order valence-corrected chi connectivity index (χ3v) is 6.28. The number of carboxylic acids is 1. The van der Waals surface area contributed by atoms with Crippen molar-refractivity contribution in [2.24, 2.45) is 0 Å². The Morgan fingerprint density at radius 2 is 1.86 bits per heavy atom. The summed E-state index contributed by atoms with van der Waals surface area (Å²) in [6.07, 6.45) is 1.90. The van der Waals surface area contributed by atoms with Gasteiger partial charge in [0.2, 0.25) is 0 Å². The van der Waals surface area contributed by atoms with Gasteiger partial charge in [0.05, 0.1) is 29.4 Å². The highest BCUT2D eigenvalue weighted by Gasteiger charge is 2.28. The zero-order valence-corrected chi connectivity index (χ0v) is 19.4. The summed E-state index contributed by atoms with van der Waals surface area (Å²) in [6, 6.07) is 18.1. The summed E-state index contributed by atoms with van der Waals surface area (Å²) >= 11 is 0. The fourth-order valence-electron chi connectivity index (χ4n) is 4.58. The number of pyridine rings is 1. The molecule has 0 atom stereocenters. The number of carbonyl (C=O) groups excluding carboxylic acids is 1. The van der Waals surface area contributed by atoms with Crippen molar-refractivity contribution in [1.82, 2.24) is 9.88 Å². The summed E-state index contributed by atoms with van der Waals surface area (Å²) in [4.78, 5) is 31.5. The first-order valence-corrected chi connectivity index (χ1v) is 11.4. The predicted octanol–water partition coefficient (Wildman–Crippen LogP) is 5.36. The summed E-state index contributed by atoms with van der Waals surface area (Å²) < 4.78 is 11.0. The Labute approximate surface area is 202 Å². The first kappa shape index (κ1) is 22.6. The topological polar surface area (TPSA) is 92.9 Å². The van der Waals surface area contributed by atoms with Crippen LogP contribution in [-0.4, -0.2) is 47.1 Å². The molecule has 0 saturated carbocycles. The lowest BCUT2D eigenvalue weighted by molar-refractivity contribution is 0.0600. The number of carboxylic acid groups (broad SMARTS) is 1. The number of rotatable bonds is 5. The van der Waals surface area contributed by atoms with Gasteiger partial charge in [-0.3, -0.25) is 4.90 Å². The van der Waals surface area contributed by atoms with Crippen molar-refractivity contribution in [3.05, 3.63) is 88.8 Å². The van der Waals surface area contributed by atoms with Crippen LogP contribution in [0.1, 0.15) is 44.7 Å². The molecule has 0 bridgehead atoms. The van der Waals surface area contributed by atoms with Crippen LogP contribution in [-0.2, 0) is 11.3 Å². The Kier molecular flexibility index (Phi) is 5.93. The first-order valence-electron chi connectivity index (χ1n) is 11.4. The summed E-state index contributed by atoms with van der Waals surface area (Å²) in [5, 5.41) is 10.7. The molecule has 7 heteroatoms. The molecule has 0 radical (unpaired) electrons. The van der Waals surface area contributed by atoms with E-state index in [9.17, 15) is 14.7 Å². The summed E-state index contributed by atoms with van der Waals surface area (Å²) in [6.45, 7) is 3.94. The lowest BCUT2D eigenvalue weighted by Gasteiger charge is -2.30. The molecule has 7 nitrogen and oxygen atoms in total. The van der Waals surface area contributed by atoms with Crippen LogP contribution in [0.25, 0.3) is 33.9 Å². The maximum Gasteiger partial charge on any atom is 0.338 e. The maximum atomic E-state index is 12.3. The highest BCUT2D eigenvalue weighted by molar-refractivity contribution is 6.06. The molecule has 1 aliphatic heterocycles. The molecular formula is C28H24N2O5. The highest BCUT2D eigenvalue weighted by atomic mass is 16.5. The number of nitrogens with zero attached hydrogens (tertiary/aromatic N) is 2. The van der Waals surface area contributed by atoms with E-state index < -0.39 is 11.9 Å². The van der Waals surface area contributed by atoms with Crippen LogP contribution in [0.3, 0.4) is 0 Å². The van der Waals surface area contributed by atoms with Crippen LogP contribution in [0.15, 0.2) is 65.1 Å². The summed E-state index contributed by atoms with van der Waals surface area (Å²) in [5.41, 5.74) is 4.26. The van der Waals surface area contributed by atoms with Crippen LogP contribution in [0, 0.1) is 0 Å². The van der Waals surface area contributed by atoms with E-state index in [1.54, 1.807) is 18.2 Å². The second kappa shape index (κ2) is 9.19. The van der Waals surface area contributed by atoms with Gasteiger partial charge < -0.3 is 14.3 Å². The SMILES string of the molecule is CCN1C/C(=C/c2ccc(-c3ccccc3C(=O)OC)o2)c2nc3ccccc3c(C(=O)O)c2C1. The fourth-order valence-corrected chi connectivity index (χ4v) is 4.58. The van der Waals surface area contributed by atoms with E-state index >= 15 is 0 Å². The quantitative estimate of drug-likeness (QED) is 0.394. The minimum atomic E-state index is -0.961. The van der Waals surface area contributed by atoms with Crippen molar-refractivity contribution in [3.63, 3.8) is 0 Å². The van der Waals surface area contributed by atoms with Crippen LogP contribution in [0.2, 0.25) is 0 Å². The minimum Gasteiger partial charge on any atom is -0.478 e. The monoisotopic (exact) mass is 468 g/mol. The van der Waals surface area contributed by atoms with Gasteiger partial charge in [-0.1, -0.05) is 43.3 Å². The average Bonchev–Trinajstić information content (AvgIpc) is 3.35. The zero-order chi connectivity index (χ0) is 24.5. The molecule has 1 N–H and O–H groups in total. The van der Waals surface area contributed by atoms with Gasteiger partial charge in [-0.15, -0.1) is 0 Å². The predicted molar refractivity (Wildman–Crippen MR) is 133 cm³/mol. The van der Waals surface area contributed by atoms with Gasteiger partial charge in [0, 0.05) is 29.6 Å². The standard InChI is InChI=1S/C28H24N2O5/c1-3-30-15-17(26-22(16-30)25(27(31)32)21-10-6-7-11-23(21)29-26)14-18-12-13-24(35-18)19-8-4-5-9-20(19)28(33)34-2/h4-14H,3,15-16H2,1-2H3,(H,31,32)/b17-14-. The lowest BCUT2D eigenvalue weighted by atomic mass is 9.92. The molecule has 35 heavy (non-hydrogen) atoms. The number of fused-ring (bicyclic) bond motifs is 2. The van der Waals surface area contributed by atoms with E-state index in [-0.39, 0.29) is 0 Å². The minimum absolute atomic E-state index is 0.293. The molecule has 3 heterocycles. The molecule has 0 saturated heterocycles. The lowest BCUT2D eigenvalue weighted by Crippen LogP contribution is -2.31. The number of furan rings is 1. The van der Waals surface area contributed by atoms with Crippen molar-refractivity contribution < 1.29 is 23.8 Å². The van der Waals surface area contributed by atoms with Crippen LogP contribution < -0.4 is 0 Å². The van der Waals surface area contributed by atoms with Crippen molar-refractivity contribution in [3.8, 4) is 11.3 Å². The molecule has 1 aliphatic rings. The van der Waals surface area contributed by atoms with Gasteiger partial charge in [-0.05, 0) is 42.5 Å². The Balaban J connectivity index is 1.63. The molecule has 0 unspecified atom stereocenters. The van der Waals surface area contributed by atoms with Crippen molar-refractivity contribution in [1.29, 1.82) is 0 Å². The number of ether oxygens (including phenoxy) is 1. The van der Waals surface area contributed by atoms with Gasteiger partial charge in [-0.2, -0.15) is 0 Å². The number of likely N-dealkylation sites (N-methyl/N-ethyl adjacent to an activating group) is 1. The largest absolute Gasteiger partial charge is 0.478 e. The Hall–Kier alpha value is -4.23. The van der Waals surface area contributed by atoms with Crippen molar-refractivity contribution >= 4 is 34.5 Å². The van der Waals surface area contributed by atoms with E-state index in [1.165, 1.54) is 7.11 Å². The van der Waals surface area contributed by atoms with Gasteiger partial charge in [0.15, 0.2) is 0 Å². The highest BCUT2D eigenvalue weighted by Crippen LogP contribution is 2.35. The molecule has 4 aromatic rings. The molecule has 2 aromatic heterocycles. The third-order valence-electron chi connectivity index (χ3n) is 6.28. The maximum absolute atomic E-state index is 12.3. The average molecular weight is 469 g/mol. The summed E-state index contributed by atoms with van der Waals surface area (Å²) in [5.74, 6) is -0.268. The number of benzene rings is 2. The third kappa shape index (κ3) is 4.11. The number of methoxy groups -OCH3 is 1. The zero-order valence-electron chi connectivity index (χ0n) is 19.4. The molecular weight excluding hydrogens is 444 g/mol. The Morgan fingerprint density at radius 3 is 2.63 bits per heavy atom. The Bertz CT molecular complexity index is 1480. The number of aromatic nitrogens is 1. The van der Waals surface area contributed by atoms with E-state index in [0.717, 1.165) is 12.1 Å². The number of esters is 1. The van der Waals surface area contributed by atoms with Gasteiger partial charge in [0.1, 0.15) is 11.5 Å². The smallest absolute Gasteiger partial charge is 0.338 e. The van der Waals surface area contributed by atoms with E-state index in [4.69, 9.17) is 14.1 Å². The molecule has 5 rings (SSSR count). The molecule has 0 amide bonds.